The lowest BCUT2D eigenvalue weighted by Gasteiger charge is -2.13. The summed E-state index contributed by atoms with van der Waals surface area (Å²) in [6.07, 6.45) is 1.54. The van der Waals surface area contributed by atoms with Crippen LogP contribution >= 0.6 is 46.6 Å². The Morgan fingerprint density at radius 2 is 1.80 bits per heavy atom. The Labute approximate surface area is 162 Å². The van der Waals surface area contributed by atoms with Crippen LogP contribution in [0.25, 0.3) is 6.08 Å². The quantitative estimate of drug-likeness (QED) is 0.574. The van der Waals surface area contributed by atoms with Crippen molar-refractivity contribution in [1.29, 1.82) is 0 Å². The summed E-state index contributed by atoms with van der Waals surface area (Å²) in [6.45, 7) is -0.0323. The first-order valence-electron chi connectivity index (χ1n) is 6.99. The number of thioether (sulfide) groups is 1. The van der Waals surface area contributed by atoms with E-state index in [-0.39, 0.29) is 16.5 Å². The molecule has 2 aromatic rings. The van der Waals surface area contributed by atoms with Crippen LogP contribution in [-0.2, 0) is 11.3 Å². The minimum Gasteiger partial charge on any atom is -0.268 e. The Morgan fingerprint density at radius 3 is 2.48 bits per heavy atom. The van der Waals surface area contributed by atoms with Gasteiger partial charge < -0.3 is 0 Å². The number of nitrogens with zero attached hydrogens (tertiary/aromatic N) is 1. The Morgan fingerprint density at radius 1 is 1.04 bits per heavy atom. The van der Waals surface area contributed by atoms with Crippen molar-refractivity contribution in [3.05, 3.63) is 73.3 Å². The highest BCUT2D eigenvalue weighted by Gasteiger charge is 2.35. The molecule has 128 valence electrons. The fourth-order valence-electron chi connectivity index (χ4n) is 2.22. The van der Waals surface area contributed by atoms with E-state index in [2.05, 4.69) is 0 Å². The second-order valence-electron chi connectivity index (χ2n) is 5.17. The molecule has 0 bridgehead atoms. The van der Waals surface area contributed by atoms with Gasteiger partial charge in [0.2, 0.25) is 0 Å². The van der Waals surface area contributed by atoms with Gasteiger partial charge in [-0.15, -0.1) is 0 Å². The van der Waals surface area contributed by atoms with E-state index in [1.165, 1.54) is 18.2 Å². The molecular formula is C17H9Cl3FNO2S. The summed E-state index contributed by atoms with van der Waals surface area (Å²) in [5.41, 5.74) is 1.06. The molecule has 0 atom stereocenters. The number of carbonyl (C=O) groups excluding carboxylic acids is 2. The van der Waals surface area contributed by atoms with Gasteiger partial charge in [-0.25, -0.2) is 4.39 Å². The second kappa shape index (κ2) is 7.38. The highest BCUT2D eigenvalue weighted by molar-refractivity contribution is 8.18. The predicted octanol–water partition coefficient (Wildman–Crippen LogP) is 6.02. The maximum Gasteiger partial charge on any atom is 0.293 e. The van der Waals surface area contributed by atoms with E-state index < -0.39 is 17.0 Å². The van der Waals surface area contributed by atoms with Crippen LogP contribution < -0.4 is 0 Å². The van der Waals surface area contributed by atoms with Crippen molar-refractivity contribution in [2.75, 3.05) is 0 Å². The molecule has 3 rings (SSSR count). The number of carbonyl (C=O) groups is 2. The molecule has 0 spiro atoms. The molecule has 25 heavy (non-hydrogen) atoms. The molecule has 1 aliphatic rings. The van der Waals surface area contributed by atoms with Crippen molar-refractivity contribution >= 4 is 63.8 Å². The lowest BCUT2D eigenvalue weighted by molar-refractivity contribution is -0.123. The van der Waals surface area contributed by atoms with Crippen LogP contribution in [0.2, 0.25) is 15.1 Å². The highest BCUT2D eigenvalue weighted by Crippen LogP contribution is 2.35. The monoisotopic (exact) mass is 415 g/mol. The van der Waals surface area contributed by atoms with Crippen molar-refractivity contribution in [2.45, 2.75) is 6.54 Å². The first-order chi connectivity index (χ1) is 11.8. The highest BCUT2D eigenvalue weighted by atomic mass is 35.5. The van der Waals surface area contributed by atoms with Gasteiger partial charge in [0, 0.05) is 15.1 Å². The van der Waals surface area contributed by atoms with Crippen molar-refractivity contribution in [2.24, 2.45) is 0 Å². The molecule has 1 fully saturated rings. The average Bonchev–Trinajstić information content (AvgIpc) is 2.80. The minimum atomic E-state index is -0.486. The molecule has 0 radical (unpaired) electrons. The van der Waals surface area contributed by atoms with E-state index in [9.17, 15) is 14.0 Å². The Hall–Kier alpha value is -1.53. The number of imide groups is 1. The molecule has 1 aliphatic heterocycles. The molecule has 0 aliphatic carbocycles. The third-order valence-corrected chi connectivity index (χ3v) is 5.29. The fourth-order valence-corrected chi connectivity index (χ4v) is 3.74. The van der Waals surface area contributed by atoms with Crippen molar-refractivity contribution in [3.8, 4) is 0 Å². The van der Waals surface area contributed by atoms with E-state index in [1.807, 2.05) is 0 Å². The number of halogens is 4. The summed E-state index contributed by atoms with van der Waals surface area (Å²) in [7, 11) is 0. The maximum atomic E-state index is 13.1. The summed E-state index contributed by atoms with van der Waals surface area (Å²) >= 11 is 18.7. The normalized spacial score (nSPS) is 16.2. The van der Waals surface area contributed by atoms with Gasteiger partial charge in [-0.1, -0.05) is 46.9 Å². The van der Waals surface area contributed by atoms with Gasteiger partial charge in [-0.05, 0) is 53.2 Å². The molecule has 0 N–H and O–H groups in total. The zero-order valence-corrected chi connectivity index (χ0v) is 15.5. The molecule has 0 aromatic heterocycles. The van der Waals surface area contributed by atoms with Crippen molar-refractivity contribution in [3.63, 3.8) is 0 Å². The van der Waals surface area contributed by atoms with E-state index >= 15 is 0 Å². The van der Waals surface area contributed by atoms with Gasteiger partial charge in [0.05, 0.1) is 11.4 Å². The third-order valence-electron chi connectivity index (χ3n) is 3.47. The molecular weight excluding hydrogens is 408 g/mol. The number of hydrogen-bond acceptors (Lipinski definition) is 3. The van der Waals surface area contributed by atoms with Crippen LogP contribution in [0.15, 0.2) is 41.3 Å². The van der Waals surface area contributed by atoms with Gasteiger partial charge in [0.25, 0.3) is 11.1 Å². The topological polar surface area (TPSA) is 37.4 Å². The van der Waals surface area contributed by atoms with E-state index in [0.717, 1.165) is 22.7 Å². The largest absolute Gasteiger partial charge is 0.293 e. The van der Waals surface area contributed by atoms with E-state index in [4.69, 9.17) is 34.8 Å². The molecule has 1 heterocycles. The number of rotatable bonds is 3. The van der Waals surface area contributed by atoms with Crippen LogP contribution in [0, 0.1) is 5.82 Å². The molecule has 2 amide bonds. The molecule has 3 nitrogen and oxygen atoms in total. The summed E-state index contributed by atoms with van der Waals surface area (Å²) in [5.74, 6) is -0.943. The molecule has 1 saturated heterocycles. The Balaban J connectivity index is 1.86. The molecule has 0 saturated carbocycles. The van der Waals surface area contributed by atoms with Gasteiger partial charge in [0.15, 0.2) is 0 Å². The smallest absolute Gasteiger partial charge is 0.268 e. The predicted molar refractivity (Wildman–Crippen MR) is 99.4 cm³/mol. The van der Waals surface area contributed by atoms with Gasteiger partial charge >= 0.3 is 0 Å². The number of amides is 2. The van der Waals surface area contributed by atoms with E-state index in [1.54, 1.807) is 18.2 Å². The number of benzene rings is 2. The summed E-state index contributed by atoms with van der Waals surface area (Å²) in [4.78, 5) is 26.0. The number of hydrogen-bond donors (Lipinski definition) is 0. The molecule has 8 heteroatoms. The summed E-state index contributed by atoms with van der Waals surface area (Å²) in [5, 5.41) is 0.576. The van der Waals surface area contributed by atoms with Crippen LogP contribution in [-0.4, -0.2) is 16.0 Å². The van der Waals surface area contributed by atoms with Gasteiger partial charge in [0.1, 0.15) is 5.82 Å². The van der Waals surface area contributed by atoms with Crippen LogP contribution in [0.5, 0.6) is 0 Å². The Bertz CT molecular complexity index is 917. The van der Waals surface area contributed by atoms with Gasteiger partial charge in [-0.3, -0.25) is 14.5 Å². The van der Waals surface area contributed by atoms with Crippen LogP contribution in [0.4, 0.5) is 9.18 Å². The maximum absolute atomic E-state index is 13.1. The van der Waals surface area contributed by atoms with Crippen LogP contribution in [0.3, 0.4) is 0 Å². The zero-order chi connectivity index (χ0) is 18.1. The van der Waals surface area contributed by atoms with Crippen molar-refractivity contribution in [1.82, 2.24) is 4.90 Å². The van der Waals surface area contributed by atoms with E-state index in [0.29, 0.717) is 21.2 Å². The first-order valence-corrected chi connectivity index (χ1v) is 8.94. The van der Waals surface area contributed by atoms with Gasteiger partial charge in [-0.2, -0.15) is 0 Å². The SMILES string of the molecule is O=C1S/C(=C/c2ccc(Cl)cc2Cl)C(=O)N1Cc1ccc(F)cc1Cl. The zero-order valence-electron chi connectivity index (χ0n) is 12.4. The Kier molecular flexibility index (Phi) is 5.39. The molecule has 0 unspecified atom stereocenters. The second-order valence-corrected chi connectivity index (χ2v) is 7.41. The lowest BCUT2D eigenvalue weighted by atomic mass is 10.2. The fraction of sp³-hybridized carbons (Fsp3) is 0.0588. The minimum absolute atomic E-state index is 0.0323. The average molecular weight is 417 g/mol. The summed E-state index contributed by atoms with van der Waals surface area (Å²) in [6, 6.07) is 8.67. The van der Waals surface area contributed by atoms with Crippen LogP contribution in [0.1, 0.15) is 11.1 Å². The first kappa shape index (κ1) is 18.3. The van der Waals surface area contributed by atoms with Crippen molar-refractivity contribution < 1.29 is 14.0 Å². The third kappa shape index (κ3) is 4.01. The standard InChI is InChI=1S/C17H9Cl3FNO2S/c18-11-3-1-9(13(19)6-11)5-15-16(23)22(17(24)25-15)8-10-2-4-12(21)7-14(10)20/h1-7H,8H2/b15-5+. The lowest BCUT2D eigenvalue weighted by Crippen LogP contribution is -2.27. The molecule has 2 aromatic carbocycles. The summed E-state index contributed by atoms with van der Waals surface area (Å²) < 4.78 is 13.1.